The number of hydrogen-bond donors (Lipinski definition) is 3. The minimum Gasteiger partial charge on any atom is -0.475 e. The van der Waals surface area contributed by atoms with Gasteiger partial charge in [-0.15, -0.1) is 0 Å². The van der Waals surface area contributed by atoms with Crippen LogP contribution in [0.4, 0.5) is 26.3 Å². The van der Waals surface area contributed by atoms with Crippen molar-refractivity contribution in [2.75, 3.05) is 26.2 Å². The number of hydrogen-bond acceptors (Lipinski definition) is 6. The lowest BCUT2D eigenvalue weighted by Gasteiger charge is -2.22. The summed E-state index contributed by atoms with van der Waals surface area (Å²) >= 11 is 0. The van der Waals surface area contributed by atoms with E-state index in [1.54, 1.807) is 24.5 Å². The number of ether oxygens (including phenoxy) is 1. The zero-order valence-electron chi connectivity index (χ0n) is 18.6. The summed E-state index contributed by atoms with van der Waals surface area (Å²) in [5.41, 5.74) is 0.614. The molecule has 3 rings (SSSR count). The Morgan fingerprint density at radius 2 is 1.66 bits per heavy atom. The van der Waals surface area contributed by atoms with Gasteiger partial charge in [-0.25, -0.2) is 9.59 Å². The van der Waals surface area contributed by atoms with E-state index in [4.69, 9.17) is 24.5 Å². The molecule has 1 amide bonds. The molecule has 1 aromatic rings. The highest BCUT2D eigenvalue weighted by atomic mass is 19.4. The van der Waals surface area contributed by atoms with Crippen molar-refractivity contribution in [1.29, 1.82) is 0 Å². The highest BCUT2D eigenvalue weighted by Gasteiger charge is 2.44. The molecule has 0 radical (unpaired) electrons. The lowest BCUT2D eigenvalue weighted by Crippen LogP contribution is -2.35. The Balaban J connectivity index is 0.000000362. The van der Waals surface area contributed by atoms with E-state index in [-0.39, 0.29) is 5.91 Å². The van der Waals surface area contributed by atoms with Crippen molar-refractivity contribution in [3.05, 3.63) is 30.1 Å². The lowest BCUT2D eigenvalue weighted by atomic mass is 9.93. The van der Waals surface area contributed by atoms with E-state index in [9.17, 15) is 31.1 Å². The van der Waals surface area contributed by atoms with Gasteiger partial charge in [0.15, 0.2) is 0 Å². The summed E-state index contributed by atoms with van der Waals surface area (Å²) in [6.45, 7) is 7.99. The van der Waals surface area contributed by atoms with Gasteiger partial charge in [0.25, 0.3) is 5.91 Å². The van der Waals surface area contributed by atoms with E-state index < -0.39 is 24.3 Å². The maximum Gasteiger partial charge on any atom is 0.490 e. The van der Waals surface area contributed by atoms with Crippen LogP contribution in [0.2, 0.25) is 0 Å². The number of halogens is 6. The first-order valence-corrected chi connectivity index (χ1v) is 10.2. The first kappa shape index (κ1) is 30.1. The molecule has 15 heteroatoms. The van der Waals surface area contributed by atoms with Crippen molar-refractivity contribution in [3.63, 3.8) is 0 Å². The average molecular weight is 517 g/mol. The van der Waals surface area contributed by atoms with Crippen molar-refractivity contribution in [3.8, 4) is 0 Å². The number of nitrogens with one attached hydrogen (secondary N) is 1. The molecule has 0 aromatic carbocycles. The number of rotatable bonds is 4. The molecular formula is C20H25F6N3O6. The van der Waals surface area contributed by atoms with Gasteiger partial charge in [-0.2, -0.15) is 26.3 Å². The highest BCUT2D eigenvalue weighted by molar-refractivity contribution is 5.93. The number of fused-ring (bicyclic) bond motifs is 1. The van der Waals surface area contributed by atoms with E-state index in [1.807, 2.05) is 0 Å². The maximum absolute atomic E-state index is 12.1. The van der Waals surface area contributed by atoms with Crippen molar-refractivity contribution in [2.45, 2.75) is 38.3 Å². The number of carboxylic acids is 2. The predicted molar refractivity (Wildman–Crippen MR) is 107 cm³/mol. The second-order valence-electron chi connectivity index (χ2n) is 7.90. The summed E-state index contributed by atoms with van der Waals surface area (Å²) in [6, 6.07) is 4.12. The molecule has 0 unspecified atom stereocenters. The number of carbonyl (C=O) groups excluding carboxylic acids is 1. The molecule has 3 atom stereocenters. The minimum absolute atomic E-state index is 0.0507. The standard InChI is InChI=1S/C16H23N3O2.2C2HF3O2/c1-11(2)19-8-14-13(10-21-15(14)9-19)7-18-16(20)12-4-3-5-17-6-12;2*3-2(4,5)1(6)7/h3-6,11,13-15H,7-10H2,1-2H3,(H,18,20);2*(H,6,7)/t13-,14-,15-;;/m1../s1. The monoisotopic (exact) mass is 517 g/mol. The summed E-state index contributed by atoms with van der Waals surface area (Å²) in [7, 11) is 0. The quantitative estimate of drug-likeness (QED) is 0.520. The van der Waals surface area contributed by atoms with Gasteiger partial charge < -0.3 is 20.3 Å². The van der Waals surface area contributed by atoms with Crippen LogP contribution in [-0.2, 0) is 14.3 Å². The van der Waals surface area contributed by atoms with Crippen LogP contribution in [-0.4, -0.2) is 88.7 Å². The second-order valence-corrected chi connectivity index (χ2v) is 7.90. The van der Waals surface area contributed by atoms with Crippen molar-refractivity contribution < 1.29 is 55.7 Å². The van der Waals surface area contributed by atoms with E-state index in [2.05, 4.69) is 29.0 Å². The molecule has 0 spiro atoms. The fraction of sp³-hybridized carbons (Fsp3) is 0.600. The zero-order chi connectivity index (χ0) is 27.0. The van der Waals surface area contributed by atoms with E-state index in [0.29, 0.717) is 36.1 Å². The van der Waals surface area contributed by atoms with Gasteiger partial charge in [0, 0.05) is 49.9 Å². The van der Waals surface area contributed by atoms with Crippen LogP contribution in [0.5, 0.6) is 0 Å². The van der Waals surface area contributed by atoms with Crippen molar-refractivity contribution in [2.24, 2.45) is 11.8 Å². The Labute approximate surface area is 196 Å². The molecule has 2 aliphatic rings. The highest BCUT2D eigenvalue weighted by Crippen LogP contribution is 2.34. The fourth-order valence-corrected chi connectivity index (χ4v) is 3.28. The van der Waals surface area contributed by atoms with Gasteiger partial charge in [-0.1, -0.05) is 0 Å². The van der Waals surface area contributed by atoms with E-state index in [0.717, 1.165) is 19.7 Å². The maximum atomic E-state index is 12.1. The van der Waals surface area contributed by atoms with Gasteiger partial charge in [0.2, 0.25) is 0 Å². The molecule has 35 heavy (non-hydrogen) atoms. The number of amides is 1. The Hall–Kier alpha value is -2.94. The number of likely N-dealkylation sites (tertiary alicyclic amines) is 1. The fourth-order valence-electron chi connectivity index (χ4n) is 3.28. The summed E-state index contributed by atoms with van der Waals surface area (Å²) in [5, 5.41) is 17.3. The molecule has 0 aliphatic carbocycles. The first-order valence-electron chi connectivity index (χ1n) is 10.2. The number of carboxylic acid groups (broad SMARTS) is 2. The minimum atomic E-state index is -5.08. The summed E-state index contributed by atoms with van der Waals surface area (Å²) in [5.74, 6) is -4.61. The van der Waals surface area contributed by atoms with Crippen LogP contribution in [0.15, 0.2) is 24.5 Å². The summed E-state index contributed by atoms with van der Waals surface area (Å²) in [6.07, 6.45) is -6.56. The van der Waals surface area contributed by atoms with E-state index >= 15 is 0 Å². The Kier molecular flexibility index (Phi) is 10.9. The van der Waals surface area contributed by atoms with E-state index in [1.165, 1.54) is 0 Å². The van der Waals surface area contributed by atoms with Gasteiger partial charge in [-0.05, 0) is 26.0 Å². The molecule has 0 saturated carbocycles. The third kappa shape index (κ3) is 10.1. The molecule has 1 aromatic heterocycles. The molecule has 3 N–H and O–H groups in total. The zero-order valence-corrected chi connectivity index (χ0v) is 18.6. The third-order valence-electron chi connectivity index (χ3n) is 5.13. The number of carbonyl (C=O) groups is 3. The Morgan fingerprint density at radius 1 is 1.11 bits per heavy atom. The van der Waals surface area contributed by atoms with Crippen LogP contribution >= 0.6 is 0 Å². The largest absolute Gasteiger partial charge is 0.490 e. The van der Waals surface area contributed by atoms with Crippen LogP contribution in [0.1, 0.15) is 24.2 Å². The van der Waals surface area contributed by atoms with Gasteiger partial charge in [-0.3, -0.25) is 14.7 Å². The Morgan fingerprint density at radius 3 is 2.09 bits per heavy atom. The number of aromatic nitrogens is 1. The average Bonchev–Trinajstić information content (AvgIpc) is 3.33. The third-order valence-corrected chi connectivity index (χ3v) is 5.13. The summed E-state index contributed by atoms with van der Waals surface area (Å²) < 4.78 is 69.4. The van der Waals surface area contributed by atoms with Crippen molar-refractivity contribution >= 4 is 17.8 Å². The van der Waals surface area contributed by atoms with Gasteiger partial charge >= 0.3 is 24.3 Å². The molecular weight excluding hydrogens is 492 g/mol. The molecule has 0 bridgehead atoms. The lowest BCUT2D eigenvalue weighted by molar-refractivity contribution is -0.193. The predicted octanol–water partition coefficient (Wildman–Crippen LogP) is 2.43. The molecule has 198 valence electrons. The van der Waals surface area contributed by atoms with Gasteiger partial charge in [0.1, 0.15) is 0 Å². The molecule has 9 nitrogen and oxygen atoms in total. The van der Waals surface area contributed by atoms with Crippen LogP contribution in [0.3, 0.4) is 0 Å². The summed E-state index contributed by atoms with van der Waals surface area (Å²) in [4.78, 5) is 36.3. The molecule has 3 heterocycles. The topological polar surface area (TPSA) is 129 Å². The normalized spacial score (nSPS) is 21.8. The number of pyridine rings is 1. The second kappa shape index (κ2) is 12.7. The van der Waals surface area contributed by atoms with Crippen molar-refractivity contribution in [1.82, 2.24) is 15.2 Å². The van der Waals surface area contributed by atoms with Gasteiger partial charge in [0.05, 0.1) is 18.3 Å². The van der Waals surface area contributed by atoms with Crippen LogP contribution in [0, 0.1) is 11.8 Å². The Bertz CT molecular complexity index is 826. The molecule has 2 fully saturated rings. The van der Waals surface area contributed by atoms with Crippen LogP contribution < -0.4 is 5.32 Å². The number of aliphatic carboxylic acids is 2. The molecule has 2 aliphatic heterocycles. The first-order chi connectivity index (χ1) is 16.0. The molecule has 2 saturated heterocycles. The SMILES string of the molecule is CC(C)N1C[C@@H]2[C@H](CNC(=O)c3cccnc3)CO[C@@H]2C1.O=C(O)C(F)(F)F.O=C(O)C(F)(F)F. The smallest absolute Gasteiger partial charge is 0.475 e. The number of alkyl halides is 6. The van der Waals surface area contributed by atoms with Crippen LogP contribution in [0.25, 0.3) is 0 Å². The number of nitrogens with zero attached hydrogens (tertiary/aromatic N) is 2.